The van der Waals surface area contributed by atoms with Crippen LogP contribution in [0.2, 0.25) is 0 Å². The third kappa shape index (κ3) is 2.38. The number of nitriles is 1. The largest absolute Gasteiger partial charge is 0.326 e. The number of imidazole rings is 1. The first kappa shape index (κ1) is 11.9. The van der Waals surface area contributed by atoms with Gasteiger partial charge >= 0.3 is 0 Å². The van der Waals surface area contributed by atoms with Crippen molar-refractivity contribution in [3.8, 4) is 6.07 Å². The van der Waals surface area contributed by atoms with Crippen LogP contribution < -0.4 is 0 Å². The molecule has 0 aliphatic rings. The van der Waals surface area contributed by atoms with Gasteiger partial charge in [-0.15, -0.1) is 0 Å². The Balaban J connectivity index is 1.97. The molecule has 0 N–H and O–H groups in total. The van der Waals surface area contributed by atoms with Crippen LogP contribution in [-0.2, 0) is 6.54 Å². The molecule has 1 aromatic heterocycles. The van der Waals surface area contributed by atoms with E-state index in [2.05, 4.69) is 43.7 Å². The Hall–Kier alpha value is -2.12. The average Bonchev–Trinajstić information content (AvgIpc) is 2.83. The van der Waals surface area contributed by atoms with Gasteiger partial charge in [-0.05, 0) is 35.9 Å². The Labute approximate surface area is 119 Å². The van der Waals surface area contributed by atoms with Gasteiger partial charge in [0.25, 0.3) is 0 Å². The van der Waals surface area contributed by atoms with Crippen molar-refractivity contribution in [2.75, 3.05) is 0 Å². The Morgan fingerprint density at radius 3 is 2.68 bits per heavy atom. The monoisotopic (exact) mass is 311 g/mol. The molecule has 2 aromatic carbocycles. The highest BCUT2D eigenvalue weighted by Crippen LogP contribution is 2.17. The minimum Gasteiger partial charge on any atom is -0.326 e. The van der Waals surface area contributed by atoms with Gasteiger partial charge in [-0.3, -0.25) is 0 Å². The number of fused-ring (bicyclic) bond motifs is 1. The zero-order chi connectivity index (χ0) is 13.2. The van der Waals surface area contributed by atoms with Crippen molar-refractivity contribution in [1.29, 1.82) is 5.26 Å². The zero-order valence-corrected chi connectivity index (χ0v) is 11.6. The maximum atomic E-state index is 8.88. The molecular weight excluding hydrogens is 302 g/mol. The van der Waals surface area contributed by atoms with Gasteiger partial charge in [0.15, 0.2) is 0 Å². The number of hydrogen-bond donors (Lipinski definition) is 0. The Bertz CT molecular complexity index is 766. The van der Waals surface area contributed by atoms with E-state index in [4.69, 9.17) is 5.26 Å². The summed E-state index contributed by atoms with van der Waals surface area (Å²) in [6.45, 7) is 0.773. The van der Waals surface area contributed by atoms with E-state index in [0.29, 0.717) is 5.56 Å². The van der Waals surface area contributed by atoms with Gasteiger partial charge in [0.2, 0.25) is 0 Å². The molecule has 0 radical (unpaired) electrons. The first-order chi connectivity index (χ1) is 9.26. The van der Waals surface area contributed by atoms with E-state index in [1.807, 2.05) is 36.7 Å². The zero-order valence-electron chi connectivity index (χ0n) is 10.0. The summed E-state index contributed by atoms with van der Waals surface area (Å²) in [7, 11) is 0. The maximum Gasteiger partial charge on any atom is 0.0992 e. The minimum atomic E-state index is 0.640. The molecule has 3 aromatic rings. The summed E-state index contributed by atoms with van der Waals surface area (Å²) >= 11 is 3.43. The van der Waals surface area contributed by atoms with Crippen LogP contribution in [-0.4, -0.2) is 9.55 Å². The number of hydrogen-bond acceptors (Lipinski definition) is 2. The first-order valence-electron chi connectivity index (χ1n) is 5.86. The lowest BCUT2D eigenvalue weighted by Gasteiger charge is -2.04. The van der Waals surface area contributed by atoms with Gasteiger partial charge in [-0.1, -0.05) is 28.1 Å². The van der Waals surface area contributed by atoms with E-state index in [0.717, 1.165) is 22.1 Å². The van der Waals surface area contributed by atoms with Gasteiger partial charge in [0.05, 0.1) is 29.0 Å². The number of rotatable bonds is 2. The maximum absolute atomic E-state index is 8.88. The van der Waals surface area contributed by atoms with Gasteiger partial charge in [-0.25, -0.2) is 4.98 Å². The lowest BCUT2D eigenvalue weighted by Crippen LogP contribution is -1.97. The predicted molar refractivity (Wildman–Crippen MR) is 77.7 cm³/mol. The molecule has 92 valence electrons. The molecule has 1 heterocycles. The summed E-state index contributed by atoms with van der Waals surface area (Å²) in [6, 6.07) is 15.9. The Morgan fingerprint density at radius 1 is 1.16 bits per heavy atom. The SMILES string of the molecule is N#Cc1ccc2c(c1)ncn2Cc1ccc(Br)cc1. The molecule has 0 bridgehead atoms. The van der Waals surface area contributed by atoms with Crippen LogP contribution in [0.15, 0.2) is 53.3 Å². The second kappa shape index (κ2) is 4.87. The molecule has 19 heavy (non-hydrogen) atoms. The average molecular weight is 312 g/mol. The number of aromatic nitrogens is 2. The van der Waals surface area contributed by atoms with Gasteiger partial charge in [-0.2, -0.15) is 5.26 Å². The van der Waals surface area contributed by atoms with E-state index >= 15 is 0 Å². The van der Waals surface area contributed by atoms with Crippen molar-refractivity contribution in [2.45, 2.75) is 6.54 Å². The fraction of sp³-hybridized carbons (Fsp3) is 0.0667. The molecule has 0 saturated heterocycles. The summed E-state index contributed by atoms with van der Waals surface area (Å²) in [5.74, 6) is 0. The summed E-state index contributed by atoms with van der Waals surface area (Å²) < 4.78 is 3.16. The van der Waals surface area contributed by atoms with E-state index < -0.39 is 0 Å². The third-order valence-electron chi connectivity index (χ3n) is 3.02. The number of nitrogens with zero attached hydrogens (tertiary/aromatic N) is 3. The molecule has 0 saturated carbocycles. The first-order valence-corrected chi connectivity index (χ1v) is 6.65. The molecule has 3 rings (SSSR count). The smallest absolute Gasteiger partial charge is 0.0992 e. The normalized spacial score (nSPS) is 10.5. The molecule has 0 unspecified atom stereocenters. The van der Waals surface area contributed by atoms with Crippen LogP contribution in [0.1, 0.15) is 11.1 Å². The molecule has 0 spiro atoms. The van der Waals surface area contributed by atoms with Crippen LogP contribution in [0.4, 0.5) is 0 Å². The van der Waals surface area contributed by atoms with E-state index in [-0.39, 0.29) is 0 Å². The lowest BCUT2D eigenvalue weighted by atomic mass is 10.2. The highest BCUT2D eigenvalue weighted by molar-refractivity contribution is 9.10. The fourth-order valence-corrected chi connectivity index (χ4v) is 2.31. The summed E-state index contributed by atoms with van der Waals surface area (Å²) in [5, 5.41) is 8.88. The predicted octanol–water partition coefficient (Wildman–Crippen LogP) is 3.72. The molecule has 3 nitrogen and oxygen atoms in total. The highest BCUT2D eigenvalue weighted by Gasteiger charge is 2.04. The number of halogens is 1. The molecule has 0 amide bonds. The van der Waals surface area contributed by atoms with Crippen molar-refractivity contribution in [1.82, 2.24) is 9.55 Å². The second-order valence-corrected chi connectivity index (χ2v) is 5.23. The van der Waals surface area contributed by atoms with Crippen molar-refractivity contribution < 1.29 is 0 Å². The molecule has 4 heteroatoms. The highest BCUT2D eigenvalue weighted by atomic mass is 79.9. The molecule has 0 atom stereocenters. The summed E-state index contributed by atoms with van der Waals surface area (Å²) in [6.07, 6.45) is 1.81. The van der Waals surface area contributed by atoms with Gasteiger partial charge in [0, 0.05) is 11.0 Å². The van der Waals surface area contributed by atoms with Crippen LogP contribution >= 0.6 is 15.9 Å². The van der Waals surface area contributed by atoms with Crippen molar-refractivity contribution in [3.63, 3.8) is 0 Å². The summed E-state index contributed by atoms with van der Waals surface area (Å²) in [5.41, 5.74) is 3.76. The van der Waals surface area contributed by atoms with E-state index in [9.17, 15) is 0 Å². The van der Waals surface area contributed by atoms with Crippen LogP contribution in [0.5, 0.6) is 0 Å². The fourth-order valence-electron chi connectivity index (χ4n) is 2.05. The molecule has 0 aliphatic carbocycles. The summed E-state index contributed by atoms with van der Waals surface area (Å²) in [4.78, 5) is 4.34. The molecule has 0 aliphatic heterocycles. The lowest BCUT2D eigenvalue weighted by molar-refractivity contribution is 0.824. The van der Waals surface area contributed by atoms with Crippen molar-refractivity contribution in [2.24, 2.45) is 0 Å². The molecular formula is C15H10BrN3. The standard InChI is InChI=1S/C15H10BrN3/c16-13-4-1-11(2-5-13)9-19-10-18-14-7-12(8-17)3-6-15(14)19/h1-7,10H,9H2. The quantitative estimate of drug-likeness (QED) is 0.724. The van der Waals surface area contributed by atoms with E-state index in [1.54, 1.807) is 0 Å². The van der Waals surface area contributed by atoms with Crippen molar-refractivity contribution in [3.05, 3.63) is 64.4 Å². The van der Waals surface area contributed by atoms with E-state index in [1.165, 1.54) is 5.56 Å². The third-order valence-corrected chi connectivity index (χ3v) is 3.54. The molecule has 0 fully saturated rings. The second-order valence-electron chi connectivity index (χ2n) is 4.31. The Morgan fingerprint density at radius 2 is 1.95 bits per heavy atom. The Kier molecular flexibility index (Phi) is 3.06. The van der Waals surface area contributed by atoms with Gasteiger partial charge in [0.1, 0.15) is 0 Å². The van der Waals surface area contributed by atoms with Crippen LogP contribution in [0, 0.1) is 11.3 Å². The topological polar surface area (TPSA) is 41.6 Å². The number of benzene rings is 2. The van der Waals surface area contributed by atoms with Gasteiger partial charge < -0.3 is 4.57 Å². The van der Waals surface area contributed by atoms with Crippen molar-refractivity contribution >= 4 is 27.0 Å². The van der Waals surface area contributed by atoms with Crippen LogP contribution in [0.3, 0.4) is 0 Å². The minimum absolute atomic E-state index is 0.640. The van der Waals surface area contributed by atoms with Crippen LogP contribution in [0.25, 0.3) is 11.0 Å².